The highest BCUT2D eigenvalue weighted by Crippen LogP contribution is 2.40. The molecule has 2 heteroatoms. The molecule has 2 nitrogen and oxygen atoms in total. The number of furan rings is 1. The van der Waals surface area contributed by atoms with Crippen LogP contribution in [0.5, 0.6) is 0 Å². The van der Waals surface area contributed by atoms with Gasteiger partial charge in [-0.25, -0.2) is 0 Å². The molecule has 0 N–H and O–H groups in total. The molecule has 1 heterocycles. The Hall–Kier alpha value is -7.16. The minimum atomic E-state index is 0.907. The average molecular weight is 690 g/mol. The quantitative estimate of drug-likeness (QED) is 0.166. The minimum absolute atomic E-state index is 0.907. The van der Waals surface area contributed by atoms with Crippen molar-refractivity contribution in [1.82, 2.24) is 0 Å². The highest BCUT2D eigenvalue weighted by Gasteiger charge is 2.16. The first-order chi connectivity index (χ1) is 26.7. The van der Waals surface area contributed by atoms with Gasteiger partial charge in [0.05, 0.1) is 0 Å². The summed E-state index contributed by atoms with van der Waals surface area (Å²) in [7, 11) is 0. The van der Waals surface area contributed by atoms with Crippen LogP contribution in [0, 0.1) is 0 Å². The van der Waals surface area contributed by atoms with Gasteiger partial charge in [0.2, 0.25) is 0 Å². The summed E-state index contributed by atoms with van der Waals surface area (Å²) < 4.78 is 6.11. The molecule has 9 aromatic carbocycles. The van der Waals surface area contributed by atoms with E-state index in [1.165, 1.54) is 38.6 Å². The number of rotatable bonds is 7. The minimum Gasteiger partial charge on any atom is -0.456 e. The standard InChI is InChI=1S/C52H35NO/c1-2-11-36(12-3-1)37-23-28-44(29-24-37)53(45-30-25-38(26-31-45)42-27-32-52-50(35-42)49-20-6-7-22-51(49)54-52)46-18-9-16-41(34-46)40-15-8-17-43(33-40)48-21-10-14-39-13-4-5-19-47(39)48/h1-35H. The summed E-state index contributed by atoms with van der Waals surface area (Å²) in [5.74, 6) is 0. The Morgan fingerprint density at radius 2 is 0.796 bits per heavy atom. The highest BCUT2D eigenvalue weighted by atomic mass is 16.3. The van der Waals surface area contributed by atoms with Gasteiger partial charge >= 0.3 is 0 Å². The average Bonchev–Trinajstić information content (AvgIpc) is 3.63. The van der Waals surface area contributed by atoms with Gasteiger partial charge in [0.1, 0.15) is 11.2 Å². The molecule has 1 aromatic heterocycles. The third-order valence-electron chi connectivity index (χ3n) is 10.5. The Kier molecular flexibility index (Phi) is 7.85. The highest BCUT2D eigenvalue weighted by molar-refractivity contribution is 6.06. The lowest BCUT2D eigenvalue weighted by atomic mass is 9.95. The van der Waals surface area contributed by atoms with Crippen LogP contribution in [0.3, 0.4) is 0 Å². The van der Waals surface area contributed by atoms with Gasteiger partial charge in [-0.2, -0.15) is 0 Å². The smallest absolute Gasteiger partial charge is 0.135 e. The largest absolute Gasteiger partial charge is 0.456 e. The molecule has 0 aliphatic carbocycles. The summed E-state index contributed by atoms with van der Waals surface area (Å²) in [5, 5.41) is 4.78. The fourth-order valence-electron chi connectivity index (χ4n) is 7.76. The topological polar surface area (TPSA) is 16.4 Å². The summed E-state index contributed by atoms with van der Waals surface area (Å²) in [4.78, 5) is 2.35. The molecule has 0 fully saturated rings. The second kappa shape index (κ2) is 13.4. The van der Waals surface area contributed by atoms with Crippen LogP contribution in [0.15, 0.2) is 217 Å². The molecule has 10 aromatic rings. The molecule has 54 heavy (non-hydrogen) atoms. The van der Waals surface area contributed by atoms with Crippen LogP contribution >= 0.6 is 0 Å². The fourth-order valence-corrected chi connectivity index (χ4v) is 7.76. The number of anilines is 3. The molecule has 0 atom stereocenters. The van der Waals surface area contributed by atoms with E-state index in [-0.39, 0.29) is 0 Å². The van der Waals surface area contributed by atoms with Crippen molar-refractivity contribution in [3.05, 3.63) is 212 Å². The second-order valence-corrected chi connectivity index (χ2v) is 13.8. The van der Waals surface area contributed by atoms with Crippen molar-refractivity contribution in [3.8, 4) is 44.5 Å². The van der Waals surface area contributed by atoms with Crippen LogP contribution in [-0.4, -0.2) is 0 Å². The normalized spacial score (nSPS) is 11.3. The summed E-state index contributed by atoms with van der Waals surface area (Å²) in [6.07, 6.45) is 0. The number of para-hydroxylation sites is 1. The van der Waals surface area contributed by atoms with Crippen LogP contribution in [0.25, 0.3) is 77.2 Å². The molecule has 0 saturated carbocycles. The first-order valence-electron chi connectivity index (χ1n) is 18.4. The van der Waals surface area contributed by atoms with Crippen LogP contribution < -0.4 is 4.90 Å². The van der Waals surface area contributed by atoms with E-state index in [1.807, 2.05) is 12.1 Å². The van der Waals surface area contributed by atoms with E-state index in [1.54, 1.807) is 0 Å². The Labute approximate surface area is 314 Å². The fraction of sp³-hybridized carbons (Fsp3) is 0. The third kappa shape index (κ3) is 5.81. The molecular weight excluding hydrogens is 655 g/mol. The maximum absolute atomic E-state index is 6.11. The Morgan fingerprint density at radius 1 is 0.278 bits per heavy atom. The van der Waals surface area contributed by atoms with E-state index in [4.69, 9.17) is 4.42 Å². The van der Waals surface area contributed by atoms with Gasteiger partial charge in [0.15, 0.2) is 0 Å². The predicted octanol–water partition coefficient (Wildman–Crippen LogP) is 14.9. The SMILES string of the molecule is c1ccc(-c2ccc(N(c3ccc(-c4ccc5oc6ccccc6c5c4)cc3)c3cccc(-c4cccc(-c5cccc6ccccc56)c4)c3)cc2)cc1. The van der Waals surface area contributed by atoms with Crippen molar-refractivity contribution in [3.63, 3.8) is 0 Å². The van der Waals surface area contributed by atoms with Gasteiger partial charge in [0, 0.05) is 27.8 Å². The zero-order valence-electron chi connectivity index (χ0n) is 29.6. The van der Waals surface area contributed by atoms with Crippen molar-refractivity contribution in [2.75, 3.05) is 4.90 Å². The van der Waals surface area contributed by atoms with E-state index in [0.29, 0.717) is 0 Å². The summed E-state index contributed by atoms with van der Waals surface area (Å²) in [6, 6.07) is 76.0. The molecule has 254 valence electrons. The van der Waals surface area contributed by atoms with E-state index >= 15 is 0 Å². The van der Waals surface area contributed by atoms with E-state index in [0.717, 1.165) is 55.7 Å². The van der Waals surface area contributed by atoms with Crippen molar-refractivity contribution < 1.29 is 4.42 Å². The van der Waals surface area contributed by atoms with Crippen LogP contribution in [-0.2, 0) is 0 Å². The number of hydrogen-bond acceptors (Lipinski definition) is 2. The molecule has 10 rings (SSSR count). The van der Waals surface area contributed by atoms with E-state index < -0.39 is 0 Å². The van der Waals surface area contributed by atoms with Crippen molar-refractivity contribution >= 4 is 49.8 Å². The van der Waals surface area contributed by atoms with Crippen LogP contribution in [0.1, 0.15) is 0 Å². The molecule has 0 radical (unpaired) electrons. The molecule has 0 spiro atoms. The van der Waals surface area contributed by atoms with Gasteiger partial charge in [-0.05, 0) is 116 Å². The number of nitrogens with zero attached hydrogens (tertiary/aromatic N) is 1. The maximum atomic E-state index is 6.11. The van der Waals surface area contributed by atoms with Gasteiger partial charge in [-0.3, -0.25) is 0 Å². The molecule has 0 unspecified atom stereocenters. The summed E-state index contributed by atoms with van der Waals surface area (Å²) in [5.41, 5.74) is 14.6. The van der Waals surface area contributed by atoms with Crippen molar-refractivity contribution in [1.29, 1.82) is 0 Å². The van der Waals surface area contributed by atoms with E-state index in [2.05, 4.69) is 205 Å². The number of hydrogen-bond donors (Lipinski definition) is 0. The zero-order chi connectivity index (χ0) is 35.8. The third-order valence-corrected chi connectivity index (χ3v) is 10.5. The van der Waals surface area contributed by atoms with Crippen molar-refractivity contribution in [2.45, 2.75) is 0 Å². The summed E-state index contributed by atoms with van der Waals surface area (Å²) in [6.45, 7) is 0. The monoisotopic (exact) mass is 689 g/mol. The number of fused-ring (bicyclic) bond motifs is 4. The first-order valence-corrected chi connectivity index (χ1v) is 18.4. The zero-order valence-corrected chi connectivity index (χ0v) is 29.6. The van der Waals surface area contributed by atoms with Gasteiger partial charge in [-0.15, -0.1) is 0 Å². The van der Waals surface area contributed by atoms with E-state index in [9.17, 15) is 0 Å². The van der Waals surface area contributed by atoms with Gasteiger partial charge < -0.3 is 9.32 Å². The van der Waals surface area contributed by atoms with Crippen LogP contribution in [0.4, 0.5) is 17.1 Å². The summed E-state index contributed by atoms with van der Waals surface area (Å²) >= 11 is 0. The van der Waals surface area contributed by atoms with Gasteiger partial charge in [-0.1, -0.05) is 152 Å². The Bertz CT molecular complexity index is 2920. The Morgan fingerprint density at radius 3 is 1.59 bits per heavy atom. The lowest BCUT2D eigenvalue weighted by Gasteiger charge is -2.26. The molecule has 0 amide bonds. The predicted molar refractivity (Wildman–Crippen MR) is 228 cm³/mol. The Balaban J connectivity index is 1.04. The molecule has 0 saturated heterocycles. The lowest BCUT2D eigenvalue weighted by Crippen LogP contribution is -2.10. The lowest BCUT2D eigenvalue weighted by molar-refractivity contribution is 0.669. The van der Waals surface area contributed by atoms with Crippen LogP contribution in [0.2, 0.25) is 0 Å². The molecule has 0 aliphatic heterocycles. The first kappa shape index (κ1) is 31.6. The van der Waals surface area contributed by atoms with Crippen molar-refractivity contribution in [2.24, 2.45) is 0 Å². The second-order valence-electron chi connectivity index (χ2n) is 13.8. The molecular formula is C52H35NO. The maximum Gasteiger partial charge on any atom is 0.135 e. The molecule has 0 bridgehead atoms. The molecule has 0 aliphatic rings. The van der Waals surface area contributed by atoms with Gasteiger partial charge in [0.25, 0.3) is 0 Å². The number of benzene rings is 9.